The Balaban J connectivity index is 2.77. The van der Waals surface area contributed by atoms with Gasteiger partial charge in [0, 0.05) is 0 Å². The van der Waals surface area contributed by atoms with E-state index in [1.165, 1.54) is 0 Å². The Kier molecular flexibility index (Phi) is 6.22. The van der Waals surface area contributed by atoms with Crippen LogP contribution in [0.25, 0.3) is 0 Å². The van der Waals surface area contributed by atoms with Crippen LogP contribution in [0.3, 0.4) is 0 Å². The summed E-state index contributed by atoms with van der Waals surface area (Å²) < 4.78 is 4.66. The van der Waals surface area contributed by atoms with Gasteiger partial charge < -0.3 is 50.7 Å². The van der Waals surface area contributed by atoms with E-state index < -0.39 is 61.7 Å². The molecular weight excluding hydrogens is 280 g/mol. The number of hydrogen-bond acceptors (Lipinski definition) is 10. The first-order valence-corrected chi connectivity index (χ1v) is 5.93. The Morgan fingerprint density at radius 2 is 1.35 bits per heavy atom. The summed E-state index contributed by atoms with van der Waals surface area (Å²) in [6.45, 7) is -0.886. The van der Waals surface area contributed by atoms with Crippen molar-refractivity contribution in [3.05, 3.63) is 0 Å². The maximum Gasteiger partial charge on any atom is 0.184 e. The van der Waals surface area contributed by atoms with Crippen LogP contribution in [0.4, 0.5) is 0 Å². The summed E-state index contributed by atoms with van der Waals surface area (Å²) in [6.07, 6.45) is -16.9. The molecule has 1 rings (SSSR count). The molecule has 0 aromatic rings. The van der Waals surface area contributed by atoms with Crippen LogP contribution in [0.15, 0.2) is 0 Å². The Bertz CT molecular complexity index is 302. The zero-order valence-electron chi connectivity index (χ0n) is 10.3. The summed E-state index contributed by atoms with van der Waals surface area (Å²) in [5.41, 5.74) is 0. The van der Waals surface area contributed by atoms with Crippen molar-refractivity contribution in [1.82, 2.24) is 0 Å². The van der Waals surface area contributed by atoms with Crippen molar-refractivity contribution < 1.29 is 50.7 Å². The third kappa shape index (κ3) is 3.43. The molecule has 1 saturated heterocycles. The van der Waals surface area contributed by atoms with Crippen molar-refractivity contribution >= 4 is 0 Å². The number of rotatable bonds is 5. The minimum absolute atomic E-state index is 0.886. The minimum atomic E-state index is -2.04. The number of aliphatic hydroxyl groups excluding tert-OH is 9. The van der Waals surface area contributed by atoms with Gasteiger partial charge in [-0.25, -0.2) is 0 Å². The van der Waals surface area contributed by atoms with Gasteiger partial charge in [0.25, 0.3) is 0 Å². The lowest BCUT2D eigenvalue weighted by atomic mass is 9.90. The second-order valence-electron chi connectivity index (χ2n) is 4.68. The molecule has 0 bridgehead atoms. The molecule has 20 heavy (non-hydrogen) atoms. The monoisotopic (exact) mass is 300 g/mol. The van der Waals surface area contributed by atoms with E-state index in [1.54, 1.807) is 0 Å². The maximum absolute atomic E-state index is 9.76. The van der Waals surface area contributed by atoms with Gasteiger partial charge in [0.1, 0.15) is 48.8 Å². The Labute approximate surface area is 113 Å². The van der Waals surface area contributed by atoms with E-state index in [2.05, 4.69) is 4.74 Å². The molecule has 0 aliphatic carbocycles. The highest BCUT2D eigenvalue weighted by molar-refractivity contribution is 4.96. The molecule has 1 unspecified atom stereocenters. The van der Waals surface area contributed by atoms with Crippen molar-refractivity contribution in [3.63, 3.8) is 0 Å². The molecule has 120 valence electrons. The van der Waals surface area contributed by atoms with Crippen LogP contribution in [-0.2, 0) is 4.74 Å². The molecule has 0 aromatic carbocycles. The fraction of sp³-hybridized carbons (Fsp3) is 1.00. The second-order valence-corrected chi connectivity index (χ2v) is 4.68. The van der Waals surface area contributed by atoms with Crippen LogP contribution < -0.4 is 0 Å². The molecule has 0 amide bonds. The predicted octanol–water partition coefficient (Wildman–Crippen LogP) is -5.78. The highest BCUT2D eigenvalue weighted by atomic mass is 16.6. The molecular formula is C10H20O10. The van der Waals surface area contributed by atoms with Gasteiger partial charge in [-0.3, -0.25) is 0 Å². The van der Waals surface area contributed by atoms with E-state index in [1.807, 2.05) is 0 Å². The van der Waals surface area contributed by atoms with Crippen LogP contribution in [0.2, 0.25) is 0 Å². The van der Waals surface area contributed by atoms with Gasteiger partial charge in [-0.1, -0.05) is 0 Å². The van der Waals surface area contributed by atoms with Crippen LogP contribution in [0.5, 0.6) is 0 Å². The fourth-order valence-corrected chi connectivity index (χ4v) is 1.90. The van der Waals surface area contributed by atoms with Gasteiger partial charge in [-0.2, -0.15) is 0 Å². The van der Waals surface area contributed by atoms with Gasteiger partial charge in [0.2, 0.25) is 0 Å². The van der Waals surface area contributed by atoms with Crippen molar-refractivity contribution in [2.45, 2.75) is 55.1 Å². The lowest BCUT2D eigenvalue weighted by Crippen LogP contribution is -2.63. The Morgan fingerprint density at radius 3 is 1.85 bits per heavy atom. The highest BCUT2D eigenvalue weighted by Crippen LogP contribution is 2.24. The van der Waals surface area contributed by atoms with E-state index in [4.69, 9.17) is 10.2 Å². The Hall–Kier alpha value is -0.400. The number of ether oxygens (including phenoxy) is 1. The van der Waals surface area contributed by atoms with E-state index in [-0.39, 0.29) is 0 Å². The van der Waals surface area contributed by atoms with Gasteiger partial charge in [-0.05, 0) is 0 Å². The molecule has 10 nitrogen and oxygen atoms in total. The normalized spacial score (nSPS) is 41.0. The smallest absolute Gasteiger partial charge is 0.184 e. The van der Waals surface area contributed by atoms with Crippen molar-refractivity contribution in [1.29, 1.82) is 0 Å². The van der Waals surface area contributed by atoms with Gasteiger partial charge in [-0.15, -0.1) is 0 Å². The number of hydrogen-bond donors (Lipinski definition) is 9. The molecule has 1 fully saturated rings. The summed E-state index contributed by atoms with van der Waals surface area (Å²) in [7, 11) is 0. The molecule has 9 atom stereocenters. The van der Waals surface area contributed by atoms with Crippen molar-refractivity contribution in [2.75, 3.05) is 6.61 Å². The SMILES string of the molecule is OC[C@@H](O)[C@H](O)[C@H](O)[C@H](O)[C@H]1OC(O)[C@H](O)[C@@H](O)[C@@H]1O. The first-order valence-electron chi connectivity index (χ1n) is 5.93. The molecule has 1 aliphatic heterocycles. The van der Waals surface area contributed by atoms with E-state index in [0.717, 1.165) is 0 Å². The maximum atomic E-state index is 9.76. The topological polar surface area (TPSA) is 191 Å². The molecule has 1 aliphatic rings. The van der Waals surface area contributed by atoms with Gasteiger partial charge in [0.05, 0.1) is 6.61 Å². The van der Waals surface area contributed by atoms with E-state index in [0.29, 0.717) is 0 Å². The van der Waals surface area contributed by atoms with Gasteiger partial charge in [0.15, 0.2) is 6.29 Å². The third-order valence-corrected chi connectivity index (χ3v) is 3.24. The molecule has 0 saturated carbocycles. The molecule has 0 aromatic heterocycles. The van der Waals surface area contributed by atoms with Crippen LogP contribution in [0.1, 0.15) is 0 Å². The van der Waals surface area contributed by atoms with Crippen LogP contribution in [-0.4, -0.2) is 108 Å². The molecule has 9 N–H and O–H groups in total. The highest BCUT2D eigenvalue weighted by Gasteiger charge is 2.48. The summed E-state index contributed by atoms with van der Waals surface area (Å²) in [5.74, 6) is 0. The summed E-state index contributed by atoms with van der Waals surface area (Å²) in [4.78, 5) is 0. The van der Waals surface area contributed by atoms with Crippen LogP contribution >= 0.6 is 0 Å². The molecule has 0 spiro atoms. The summed E-state index contributed by atoms with van der Waals surface area (Å²) >= 11 is 0. The average Bonchev–Trinajstić information content (AvgIpc) is 2.45. The largest absolute Gasteiger partial charge is 0.394 e. The predicted molar refractivity (Wildman–Crippen MR) is 60.0 cm³/mol. The van der Waals surface area contributed by atoms with Crippen molar-refractivity contribution in [2.24, 2.45) is 0 Å². The summed E-state index contributed by atoms with van der Waals surface area (Å²) in [6, 6.07) is 0. The lowest BCUT2D eigenvalue weighted by molar-refractivity contribution is -0.306. The number of aliphatic hydroxyl groups is 9. The average molecular weight is 300 g/mol. The first-order chi connectivity index (χ1) is 9.22. The van der Waals surface area contributed by atoms with E-state index in [9.17, 15) is 35.7 Å². The Morgan fingerprint density at radius 1 is 0.800 bits per heavy atom. The molecule has 1 heterocycles. The lowest BCUT2D eigenvalue weighted by Gasteiger charge is -2.41. The standard InChI is InChI=1S/C10H20O10/c11-1-2(12)3(13)4(14)6(16)9-7(17)5(15)8(18)10(19)20-9/h2-19H,1H2/t2-,3+,4+,5+,6+,7+,8-,9-,10?/m1/s1. The quantitative estimate of drug-likeness (QED) is 0.236. The second kappa shape index (κ2) is 7.04. The summed E-state index contributed by atoms with van der Waals surface area (Å²) in [5, 5.41) is 84.1. The van der Waals surface area contributed by atoms with Gasteiger partial charge >= 0.3 is 0 Å². The zero-order valence-corrected chi connectivity index (χ0v) is 10.3. The molecule has 10 heteroatoms. The van der Waals surface area contributed by atoms with Crippen LogP contribution in [0, 0.1) is 0 Å². The van der Waals surface area contributed by atoms with Crippen molar-refractivity contribution in [3.8, 4) is 0 Å². The third-order valence-electron chi connectivity index (χ3n) is 3.24. The zero-order chi connectivity index (χ0) is 15.6. The molecule has 0 radical (unpaired) electrons. The first kappa shape index (κ1) is 17.7. The minimum Gasteiger partial charge on any atom is -0.394 e. The fourth-order valence-electron chi connectivity index (χ4n) is 1.90. The van der Waals surface area contributed by atoms with E-state index >= 15 is 0 Å².